The lowest BCUT2D eigenvalue weighted by atomic mass is 10.1. The Morgan fingerprint density at radius 3 is 2.91 bits per heavy atom. The predicted molar refractivity (Wildman–Crippen MR) is 41.1 cm³/mol. The van der Waals surface area contributed by atoms with Gasteiger partial charge in [0.25, 0.3) is 0 Å². The summed E-state index contributed by atoms with van der Waals surface area (Å²) < 4.78 is 0. The average Bonchev–Trinajstić information content (AvgIpc) is 1.83. The van der Waals surface area contributed by atoms with Gasteiger partial charge in [0.15, 0.2) is 0 Å². The highest BCUT2D eigenvalue weighted by Crippen LogP contribution is 2.01. The highest BCUT2D eigenvalue weighted by molar-refractivity contribution is 5.82. The van der Waals surface area contributed by atoms with E-state index < -0.39 is 0 Å². The second-order valence-electron chi connectivity index (χ2n) is 2.89. The van der Waals surface area contributed by atoms with Crippen LogP contribution in [0.5, 0.6) is 0 Å². The number of amides is 1. The fraction of sp³-hybridized carbons (Fsp3) is 0.857. The van der Waals surface area contributed by atoms with Gasteiger partial charge in [-0.2, -0.15) is 0 Å². The minimum atomic E-state index is -0.134. The molecule has 1 rings (SSSR count). The molecule has 1 unspecified atom stereocenters. The zero-order valence-electron chi connectivity index (χ0n) is 6.63. The van der Waals surface area contributed by atoms with E-state index in [9.17, 15) is 4.79 Å². The van der Waals surface area contributed by atoms with Crippen LogP contribution in [0, 0.1) is 0 Å². The van der Waals surface area contributed by atoms with E-state index in [0.29, 0.717) is 0 Å². The number of nitrogens with one attached hydrogen (secondary N) is 2. The van der Waals surface area contributed by atoms with Gasteiger partial charge in [-0.3, -0.25) is 4.79 Å². The Balaban J connectivity index is 2.19. The molecule has 1 amide bonds. The van der Waals surface area contributed by atoms with E-state index in [1.54, 1.807) is 6.92 Å². The van der Waals surface area contributed by atoms with Gasteiger partial charge in [-0.05, 0) is 19.9 Å². The van der Waals surface area contributed by atoms with E-state index in [1.165, 1.54) is 0 Å². The van der Waals surface area contributed by atoms with Crippen LogP contribution in [0.1, 0.15) is 13.3 Å². The lowest BCUT2D eigenvalue weighted by molar-refractivity contribution is -0.125. The lowest BCUT2D eigenvalue weighted by Crippen LogP contribution is -2.55. The highest BCUT2D eigenvalue weighted by Gasteiger charge is 2.24. The highest BCUT2D eigenvalue weighted by atomic mass is 16.3. The van der Waals surface area contributed by atoms with Crippen LogP contribution in [0.2, 0.25) is 0 Å². The smallest absolute Gasteiger partial charge is 0.237 e. The average molecular weight is 158 g/mol. The van der Waals surface area contributed by atoms with Gasteiger partial charge >= 0.3 is 0 Å². The molecule has 1 heterocycles. The van der Waals surface area contributed by atoms with Gasteiger partial charge in [0.05, 0.1) is 12.6 Å². The summed E-state index contributed by atoms with van der Waals surface area (Å²) in [6.07, 6.45) is 0.907. The molecule has 1 fully saturated rings. The standard InChI is InChI=1S/C7H14N2O2/c1-5(4-10)9-7(11)6-2-3-8-6/h5-6,8,10H,2-4H2,1H3,(H,9,11)/t5-,6?/m1/s1. The maximum atomic E-state index is 11.1. The summed E-state index contributed by atoms with van der Waals surface area (Å²) in [7, 11) is 0. The van der Waals surface area contributed by atoms with Gasteiger partial charge in [0.1, 0.15) is 0 Å². The van der Waals surface area contributed by atoms with Crippen molar-refractivity contribution >= 4 is 5.91 Å². The number of rotatable bonds is 3. The van der Waals surface area contributed by atoms with E-state index >= 15 is 0 Å². The van der Waals surface area contributed by atoms with Crippen LogP contribution in [0.4, 0.5) is 0 Å². The van der Waals surface area contributed by atoms with Crippen molar-refractivity contribution in [3.63, 3.8) is 0 Å². The van der Waals surface area contributed by atoms with Crippen molar-refractivity contribution in [1.82, 2.24) is 10.6 Å². The van der Waals surface area contributed by atoms with Crippen LogP contribution in [0.3, 0.4) is 0 Å². The normalized spacial score (nSPS) is 25.5. The Bertz CT molecular complexity index is 145. The van der Waals surface area contributed by atoms with Gasteiger partial charge < -0.3 is 15.7 Å². The van der Waals surface area contributed by atoms with Crippen molar-refractivity contribution in [3.05, 3.63) is 0 Å². The van der Waals surface area contributed by atoms with Gasteiger partial charge in [-0.15, -0.1) is 0 Å². The summed E-state index contributed by atoms with van der Waals surface area (Å²) in [4.78, 5) is 11.1. The Kier molecular flexibility index (Phi) is 2.84. The van der Waals surface area contributed by atoms with Gasteiger partial charge in [0.2, 0.25) is 5.91 Å². The van der Waals surface area contributed by atoms with Crippen molar-refractivity contribution in [3.8, 4) is 0 Å². The monoisotopic (exact) mass is 158 g/mol. The third-order valence-electron chi connectivity index (χ3n) is 1.80. The van der Waals surface area contributed by atoms with Crippen LogP contribution < -0.4 is 10.6 Å². The van der Waals surface area contributed by atoms with Gasteiger partial charge in [-0.25, -0.2) is 0 Å². The van der Waals surface area contributed by atoms with E-state index in [-0.39, 0.29) is 24.6 Å². The molecule has 0 aromatic rings. The molecule has 0 aromatic carbocycles. The minimum Gasteiger partial charge on any atom is -0.394 e. The SMILES string of the molecule is C[C@H](CO)NC(=O)C1CCN1. The fourth-order valence-corrected chi connectivity index (χ4v) is 0.902. The molecule has 1 aliphatic rings. The van der Waals surface area contributed by atoms with Crippen LogP contribution in [0.15, 0.2) is 0 Å². The largest absolute Gasteiger partial charge is 0.394 e. The molecule has 0 radical (unpaired) electrons. The van der Waals surface area contributed by atoms with E-state index in [0.717, 1.165) is 13.0 Å². The summed E-state index contributed by atoms with van der Waals surface area (Å²) in [5.41, 5.74) is 0. The zero-order valence-corrected chi connectivity index (χ0v) is 6.63. The quantitative estimate of drug-likeness (QED) is 0.486. The van der Waals surface area contributed by atoms with Crippen LogP contribution in [-0.2, 0) is 4.79 Å². The maximum Gasteiger partial charge on any atom is 0.237 e. The van der Waals surface area contributed by atoms with Gasteiger partial charge in [-0.1, -0.05) is 0 Å². The molecule has 64 valence electrons. The summed E-state index contributed by atoms with van der Waals surface area (Å²) >= 11 is 0. The number of hydrogen-bond acceptors (Lipinski definition) is 3. The molecule has 2 atom stereocenters. The molecule has 1 aliphatic heterocycles. The van der Waals surface area contributed by atoms with E-state index in [2.05, 4.69) is 10.6 Å². The Labute approximate surface area is 66.0 Å². The molecule has 0 bridgehead atoms. The first kappa shape index (κ1) is 8.49. The number of aliphatic hydroxyl groups excluding tert-OH is 1. The first-order chi connectivity index (χ1) is 5.24. The molecule has 11 heavy (non-hydrogen) atoms. The summed E-state index contributed by atoms with van der Waals surface area (Å²) in [5, 5.41) is 14.3. The Hall–Kier alpha value is -0.610. The molecule has 0 aliphatic carbocycles. The van der Waals surface area contributed by atoms with Crippen molar-refractivity contribution in [2.75, 3.05) is 13.2 Å². The molecular weight excluding hydrogens is 144 g/mol. The summed E-state index contributed by atoms with van der Waals surface area (Å²) in [6.45, 7) is 2.70. The van der Waals surface area contributed by atoms with E-state index in [1.807, 2.05) is 0 Å². The molecule has 0 aromatic heterocycles. The van der Waals surface area contributed by atoms with Crippen molar-refractivity contribution in [2.24, 2.45) is 0 Å². The fourth-order valence-electron chi connectivity index (χ4n) is 0.902. The Morgan fingerprint density at radius 2 is 2.55 bits per heavy atom. The van der Waals surface area contributed by atoms with Crippen molar-refractivity contribution in [1.29, 1.82) is 0 Å². The third-order valence-corrected chi connectivity index (χ3v) is 1.80. The van der Waals surface area contributed by atoms with E-state index in [4.69, 9.17) is 5.11 Å². The van der Waals surface area contributed by atoms with Crippen molar-refractivity contribution < 1.29 is 9.90 Å². The number of aliphatic hydroxyl groups is 1. The molecule has 1 saturated heterocycles. The number of carbonyl (C=O) groups excluding carboxylic acids is 1. The van der Waals surface area contributed by atoms with Crippen LogP contribution in [0.25, 0.3) is 0 Å². The van der Waals surface area contributed by atoms with Crippen LogP contribution >= 0.6 is 0 Å². The second-order valence-corrected chi connectivity index (χ2v) is 2.89. The second kappa shape index (κ2) is 3.69. The Morgan fingerprint density at radius 1 is 1.91 bits per heavy atom. The molecule has 4 nitrogen and oxygen atoms in total. The van der Waals surface area contributed by atoms with Crippen molar-refractivity contribution in [2.45, 2.75) is 25.4 Å². The molecule has 4 heteroatoms. The first-order valence-electron chi connectivity index (χ1n) is 3.88. The lowest BCUT2D eigenvalue weighted by Gasteiger charge is -2.27. The molecule has 0 spiro atoms. The van der Waals surface area contributed by atoms with Crippen LogP contribution in [-0.4, -0.2) is 36.2 Å². The molecular formula is C7H14N2O2. The first-order valence-corrected chi connectivity index (χ1v) is 3.88. The third kappa shape index (κ3) is 2.17. The summed E-state index contributed by atoms with van der Waals surface area (Å²) in [6, 6.07) is -0.158. The summed E-state index contributed by atoms with van der Waals surface area (Å²) in [5.74, 6) is -0.00204. The minimum absolute atomic E-state index is 0.00153. The van der Waals surface area contributed by atoms with Gasteiger partial charge in [0, 0.05) is 6.04 Å². The number of carbonyl (C=O) groups is 1. The number of hydrogen-bond donors (Lipinski definition) is 3. The topological polar surface area (TPSA) is 61.4 Å². The molecule has 3 N–H and O–H groups in total. The predicted octanol–water partition coefficient (Wildman–Crippen LogP) is -1.15. The zero-order chi connectivity index (χ0) is 8.27. The maximum absolute atomic E-state index is 11.1. The molecule has 0 saturated carbocycles.